The molecule has 1 amide bonds. The Labute approximate surface area is 231 Å². The third kappa shape index (κ3) is 7.18. The molecule has 0 spiro atoms. The molecule has 1 unspecified atom stereocenters. The van der Waals surface area contributed by atoms with E-state index in [1.807, 2.05) is 18.2 Å². The normalized spacial score (nSPS) is 12.3. The second-order valence-electron chi connectivity index (χ2n) is 8.85. The third-order valence-corrected chi connectivity index (χ3v) is 8.52. The van der Waals surface area contributed by atoms with Crippen LogP contribution in [0.3, 0.4) is 0 Å². The number of rotatable bonds is 12. The van der Waals surface area contributed by atoms with Gasteiger partial charge in [-0.05, 0) is 67.4 Å². The minimum absolute atomic E-state index is 0.00407. The molecule has 0 aliphatic carbocycles. The minimum Gasteiger partial charge on any atom is -0.497 e. The first-order valence-electron chi connectivity index (χ1n) is 12.2. The van der Waals surface area contributed by atoms with Gasteiger partial charge in [-0.2, -0.15) is 0 Å². The summed E-state index contributed by atoms with van der Waals surface area (Å²) in [5.41, 5.74) is 13.6. The van der Waals surface area contributed by atoms with Crippen LogP contribution in [0.1, 0.15) is 35.0 Å². The molecule has 3 aromatic carbocycles. The molecule has 1 heterocycles. The van der Waals surface area contributed by atoms with Gasteiger partial charge in [-0.25, -0.2) is 18.1 Å². The molecule has 0 aliphatic rings. The molecular weight excluding hydrogens is 536 g/mol. The van der Waals surface area contributed by atoms with Crippen molar-refractivity contribution in [3.8, 4) is 5.75 Å². The SMILES string of the molecule is COc1ccc2nc(C(Cc3cccc(C(=N)N)c3)NS(=O)(=O)c3cccc(NC(=O)CCCN)c3)sc2c1. The summed E-state index contributed by atoms with van der Waals surface area (Å²) >= 11 is 1.37. The predicted molar refractivity (Wildman–Crippen MR) is 154 cm³/mol. The van der Waals surface area contributed by atoms with Crippen LogP contribution in [0.2, 0.25) is 0 Å². The summed E-state index contributed by atoms with van der Waals surface area (Å²) in [7, 11) is -2.45. The number of ether oxygens (including phenoxy) is 1. The second kappa shape index (κ2) is 12.3. The lowest BCUT2D eigenvalue weighted by Crippen LogP contribution is -2.30. The van der Waals surface area contributed by atoms with Crippen molar-refractivity contribution in [3.05, 3.63) is 82.9 Å². The highest BCUT2D eigenvalue weighted by atomic mass is 32.2. The van der Waals surface area contributed by atoms with Crippen molar-refractivity contribution in [2.24, 2.45) is 11.5 Å². The molecule has 0 aliphatic heterocycles. The minimum atomic E-state index is -4.03. The van der Waals surface area contributed by atoms with Crippen molar-refractivity contribution in [3.63, 3.8) is 0 Å². The maximum atomic E-state index is 13.6. The highest BCUT2D eigenvalue weighted by molar-refractivity contribution is 7.89. The van der Waals surface area contributed by atoms with E-state index in [-0.39, 0.29) is 29.5 Å². The maximum Gasteiger partial charge on any atom is 0.241 e. The summed E-state index contributed by atoms with van der Waals surface area (Å²) in [6, 6.07) is 18.0. The molecule has 1 atom stereocenters. The Balaban J connectivity index is 1.67. The summed E-state index contributed by atoms with van der Waals surface area (Å²) in [5, 5.41) is 11.0. The Morgan fingerprint density at radius 2 is 1.92 bits per heavy atom. The number of anilines is 1. The van der Waals surface area contributed by atoms with Crippen LogP contribution in [0.4, 0.5) is 5.69 Å². The summed E-state index contributed by atoms with van der Waals surface area (Å²) in [6.45, 7) is 0.390. The molecule has 39 heavy (non-hydrogen) atoms. The Kier molecular flexibility index (Phi) is 8.92. The lowest BCUT2D eigenvalue weighted by Gasteiger charge is -2.18. The van der Waals surface area contributed by atoms with Gasteiger partial charge in [-0.1, -0.05) is 24.3 Å². The average Bonchev–Trinajstić information content (AvgIpc) is 3.35. The molecule has 204 valence electrons. The van der Waals surface area contributed by atoms with Gasteiger partial charge >= 0.3 is 0 Å². The zero-order valence-corrected chi connectivity index (χ0v) is 22.9. The van der Waals surface area contributed by atoms with Gasteiger partial charge in [-0.3, -0.25) is 10.2 Å². The number of hydrogen-bond donors (Lipinski definition) is 5. The zero-order valence-electron chi connectivity index (χ0n) is 21.3. The summed E-state index contributed by atoms with van der Waals surface area (Å²) < 4.78 is 36.1. The quantitative estimate of drug-likeness (QED) is 0.129. The fourth-order valence-electron chi connectivity index (χ4n) is 3.96. The largest absolute Gasteiger partial charge is 0.497 e. The molecule has 0 saturated heterocycles. The van der Waals surface area contributed by atoms with Crippen LogP contribution in [0, 0.1) is 5.41 Å². The highest BCUT2D eigenvalue weighted by Gasteiger charge is 2.25. The number of fused-ring (bicyclic) bond motifs is 1. The molecular formula is C27H30N6O4S2. The van der Waals surface area contributed by atoms with E-state index in [0.29, 0.717) is 35.0 Å². The molecule has 0 bridgehead atoms. The number of carbonyl (C=O) groups is 1. The van der Waals surface area contributed by atoms with Crippen molar-refractivity contribution < 1.29 is 17.9 Å². The van der Waals surface area contributed by atoms with Gasteiger partial charge in [0.25, 0.3) is 0 Å². The zero-order chi connectivity index (χ0) is 28.0. The lowest BCUT2D eigenvalue weighted by molar-refractivity contribution is -0.116. The van der Waals surface area contributed by atoms with Crippen molar-refractivity contribution in [2.75, 3.05) is 19.0 Å². The van der Waals surface area contributed by atoms with E-state index < -0.39 is 16.1 Å². The monoisotopic (exact) mass is 566 g/mol. The molecule has 10 nitrogen and oxygen atoms in total. The molecule has 1 aromatic heterocycles. The molecule has 4 aromatic rings. The van der Waals surface area contributed by atoms with Crippen LogP contribution in [0.25, 0.3) is 10.2 Å². The van der Waals surface area contributed by atoms with Crippen LogP contribution >= 0.6 is 11.3 Å². The third-order valence-electron chi connectivity index (χ3n) is 5.92. The van der Waals surface area contributed by atoms with E-state index in [9.17, 15) is 13.2 Å². The van der Waals surface area contributed by atoms with Crippen molar-refractivity contribution in [2.45, 2.75) is 30.2 Å². The van der Waals surface area contributed by atoms with Crippen LogP contribution in [-0.2, 0) is 21.2 Å². The number of carbonyl (C=O) groups excluding carboxylic acids is 1. The number of nitrogens with one attached hydrogen (secondary N) is 3. The molecule has 12 heteroatoms. The summed E-state index contributed by atoms with van der Waals surface area (Å²) in [4.78, 5) is 16.8. The first kappa shape index (κ1) is 28.2. The van der Waals surface area contributed by atoms with Gasteiger partial charge in [0.1, 0.15) is 16.6 Å². The number of benzene rings is 3. The van der Waals surface area contributed by atoms with E-state index in [1.54, 1.807) is 43.5 Å². The Morgan fingerprint density at radius 3 is 2.67 bits per heavy atom. The molecule has 0 radical (unpaired) electrons. The number of nitrogen functional groups attached to an aromatic ring is 1. The second-order valence-corrected chi connectivity index (χ2v) is 11.6. The fourth-order valence-corrected chi connectivity index (χ4v) is 6.33. The molecule has 0 fully saturated rings. The fraction of sp³-hybridized carbons (Fsp3) is 0.222. The van der Waals surface area contributed by atoms with E-state index >= 15 is 0 Å². The number of nitrogens with two attached hydrogens (primary N) is 2. The van der Waals surface area contributed by atoms with E-state index in [1.165, 1.54) is 23.5 Å². The van der Waals surface area contributed by atoms with Gasteiger partial charge < -0.3 is 21.5 Å². The number of hydrogen-bond acceptors (Lipinski definition) is 8. The molecule has 0 saturated carbocycles. The van der Waals surface area contributed by atoms with Crippen molar-refractivity contribution in [1.29, 1.82) is 5.41 Å². The Morgan fingerprint density at radius 1 is 1.13 bits per heavy atom. The molecule has 7 N–H and O–H groups in total. The van der Waals surface area contributed by atoms with Crippen molar-refractivity contribution in [1.82, 2.24) is 9.71 Å². The first-order valence-corrected chi connectivity index (χ1v) is 14.5. The smallest absolute Gasteiger partial charge is 0.241 e. The Hall–Kier alpha value is -3.84. The van der Waals surface area contributed by atoms with Crippen molar-refractivity contribution >= 4 is 49.0 Å². The van der Waals surface area contributed by atoms with E-state index in [0.717, 1.165) is 15.8 Å². The van der Waals surface area contributed by atoms with Gasteiger partial charge in [0.2, 0.25) is 15.9 Å². The predicted octanol–water partition coefficient (Wildman–Crippen LogP) is 3.53. The Bertz CT molecular complexity index is 1600. The van der Waals surface area contributed by atoms with Gasteiger partial charge in [0.15, 0.2) is 0 Å². The van der Waals surface area contributed by atoms with Gasteiger partial charge in [0.05, 0.1) is 28.3 Å². The lowest BCUT2D eigenvalue weighted by atomic mass is 10.0. The summed E-state index contributed by atoms with van der Waals surface area (Å²) in [5.74, 6) is 0.358. The summed E-state index contributed by atoms with van der Waals surface area (Å²) in [6.07, 6.45) is 1.05. The number of amides is 1. The number of thiazole rings is 1. The van der Waals surface area contributed by atoms with Gasteiger partial charge in [-0.15, -0.1) is 11.3 Å². The van der Waals surface area contributed by atoms with E-state index in [4.69, 9.17) is 26.6 Å². The van der Waals surface area contributed by atoms with Gasteiger partial charge in [0, 0.05) is 17.7 Å². The number of sulfonamides is 1. The number of nitrogens with zero attached hydrogens (tertiary/aromatic N) is 1. The number of aromatic nitrogens is 1. The average molecular weight is 567 g/mol. The van der Waals surface area contributed by atoms with Crippen LogP contribution in [0.5, 0.6) is 5.75 Å². The standard InChI is InChI=1S/C27H30N6O4S2/c1-37-20-10-11-22-24(16-20)38-27(32-22)23(14-17-5-2-6-18(13-17)26(29)30)33-39(35,36)21-8-3-7-19(15-21)31-25(34)9-4-12-28/h2-3,5-8,10-11,13,15-16,23,33H,4,9,12,14,28H2,1H3,(H3,29,30)(H,31,34). The highest BCUT2D eigenvalue weighted by Crippen LogP contribution is 2.32. The number of amidine groups is 1. The van der Waals surface area contributed by atoms with Crippen LogP contribution in [0.15, 0.2) is 71.6 Å². The van der Waals surface area contributed by atoms with Crippen LogP contribution < -0.4 is 26.2 Å². The topological polar surface area (TPSA) is 173 Å². The van der Waals surface area contributed by atoms with Crippen LogP contribution in [-0.4, -0.2) is 38.8 Å². The van der Waals surface area contributed by atoms with E-state index in [2.05, 4.69) is 10.0 Å². The number of methoxy groups -OCH3 is 1. The molecule has 4 rings (SSSR count). The first-order chi connectivity index (χ1) is 18.7. The maximum absolute atomic E-state index is 13.6.